The molecule has 0 aliphatic heterocycles. The van der Waals surface area contributed by atoms with Gasteiger partial charge in [0.15, 0.2) is 6.39 Å². The number of carbonyl (C=O) groups is 1. The molecule has 0 saturated heterocycles. The molecule has 2 rings (SSSR count). The van der Waals surface area contributed by atoms with Crippen molar-refractivity contribution < 1.29 is 13.9 Å². The molecule has 1 N–H and O–H groups in total. The first-order valence-corrected chi connectivity index (χ1v) is 5.51. The molecule has 0 atom stereocenters. The Morgan fingerprint density at radius 2 is 2.33 bits per heavy atom. The summed E-state index contributed by atoms with van der Waals surface area (Å²) < 4.78 is 9.81. The average molecular weight is 246 g/mol. The molecule has 0 spiro atoms. The maximum atomic E-state index is 11.4. The molecule has 94 valence electrons. The van der Waals surface area contributed by atoms with Gasteiger partial charge in [-0.05, 0) is 24.6 Å². The highest BCUT2D eigenvalue weighted by Crippen LogP contribution is 2.18. The van der Waals surface area contributed by atoms with E-state index < -0.39 is 0 Å². The van der Waals surface area contributed by atoms with E-state index in [1.165, 1.54) is 13.5 Å². The van der Waals surface area contributed by atoms with Gasteiger partial charge in [-0.15, -0.1) is 0 Å². The maximum Gasteiger partial charge on any atom is 0.337 e. The predicted molar refractivity (Wildman–Crippen MR) is 66.3 cm³/mol. The Bertz CT molecular complexity index is 535. The normalized spacial score (nSPS) is 10.1. The summed E-state index contributed by atoms with van der Waals surface area (Å²) in [6.45, 7) is 2.48. The number of esters is 1. The summed E-state index contributed by atoms with van der Waals surface area (Å²) in [5, 5.41) is 3.19. The zero-order valence-corrected chi connectivity index (χ0v) is 10.3. The summed E-state index contributed by atoms with van der Waals surface area (Å²) in [5.74, 6) is 0.385. The average Bonchev–Trinajstić information content (AvgIpc) is 2.90. The van der Waals surface area contributed by atoms with E-state index in [2.05, 4.69) is 15.0 Å². The molecular weight excluding hydrogens is 232 g/mol. The van der Waals surface area contributed by atoms with Crippen molar-refractivity contribution in [1.82, 2.24) is 4.98 Å². The smallest absolute Gasteiger partial charge is 0.337 e. The van der Waals surface area contributed by atoms with E-state index in [0.717, 1.165) is 17.0 Å². The van der Waals surface area contributed by atoms with Gasteiger partial charge >= 0.3 is 5.97 Å². The monoisotopic (exact) mass is 246 g/mol. The van der Waals surface area contributed by atoms with E-state index in [9.17, 15) is 4.79 Å². The van der Waals surface area contributed by atoms with Gasteiger partial charge in [-0.25, -0.2) is 9.78 Å². The Kier molecular flexibility index (Phi) is 3.62. The summed E-state index contributed by atoms with van der Waals surface area (Å²) in [7, 11) is 1.36. The van der Waals surface area contributed by atoms with Crippen molar-refractivity contribution in [2.45, 2.75) is 13.5 Å². The fraction of sp³-hybridized carbons (Fsp3) is 0.231. The van der Waals surface area contributed by atoms with Crippen molar-refractivity contribution >= 4 is 11.7 Å². The molecule has 1 aromatic carbocycles. The van der Waals surface area contributed by atoms with E-state index in [-0.39, 0.29) is 5.97 Å². The molecule has 1 aromatic heterocycles. The number of methoxy groups -OCH3 is 1. The largest absolute Gasteiger partial charge is 0.465 e. The second-order valence-electron chi connectivity index (χ2n) is 3.84. The van der Waals surface area contributed by atoms with Crippen LogP contribution in [0.1, 0.15) is 21.7 Å². The molecule has 0 bridgehead atoms. The van der Waals surface area contributed by atoms with Crippen LogP contribution in [0.3, 0.4) is 0 Å². The standard InChI is InChI=1S/C13H14N2O3/c1-9-3-4-10(13(16)17-2)5-12(9)15-7-11-6-14-8-18-11/h3-6,8,15H,7H2,1-2H3. The number of aryl methyl sites for hydroxylation is 1. The minimum atomic E-state index is -0.349. The van der Waals surface area contributed by atoms with Crippen LogP contribution < -0.4 is 5.32 Å². The van der Waals surface area contributed by atoms with Crippen molar-refractivity contribution in [3.63, 3.8) is 0 Å². The van der Waals surface area contributed by atoms with Crippen molar-refractivity contribution in [1.29, 1.82) is 0 Å². The van der Waals surface area contributed by atoms with Crippen LogP contribution in [0.4, 0.5) is 5.69 Å². The van der Waals surface area contributed by atoms with Gasteiger partial charge in [0.25, 0.3) is 0 Å². The first kappa shape index (κ1) is 12.2. The van der Waals surface area contributed by atoms with Crippen LogP contribution in [0.25, 0.3) is 0 Å². The molecular formula is C13H14N2O3. The van der Waals surface area contributed by atoms with Gasteiger partial charge in [-0.3, -0.25) is 0 Å². The zero-order chi connectivity index (χ0) is 13.0. The Morgan fingerprint density at radius 3 is 3.00 bits per heavy atom. The third kappa shape index (κ3) is 2.68. The number of hydrogen-bond acceptors (Lipinski definition) is 5. The molecule has 18 heavy (non-hydrogen) atoms. The molecule has 0 radical (unpaired) electrons. The number of carbonyl (C=O) groups excluding carboxylic acids is 1. The molecule has 0 aliphatic rings. The highest BCUT2D eigenvalue weighted by Gasteiger charge is 2.08. The number of nitrogens with zero attached hydrogens (tertiary/aromatic N) is 1. The second kappa shape index (κ2) is 5.35. The van der Waals surface area contributed by atoms with Crippen molar-refractivity contribution in [2.75, 3.05) is 12.4 Å². The number of hydrogen-bond donors (Lipinski definition) is 1. The summed E-state index contributed by atoms with van der Waals surface area (Å²) in [5.41, 5.74) is 2.43. The first-order valence-electron chi connectivity index (χ1n) is 5.51. The predicted octanol–water partition coefficient (Wildman–Crippen LogP) is 2.38. The number of benzene rings is 1. The van der Waals surface area contributed by atoms with Crippen LogP contribution >= 0.6 is 0 Å². The van der Waals surface area contributed by atoms with E-state index in [1.54, 1.807) is 18.3 Å². The van der Waals surface area contributed by atoms with Crippen molar-refractivity contribution in [3.8, 4) is 0 Å². The second-order valence-corrected chi connectivity index (χ2v) is 3.84. The molecule has 0 saturated carbocycles. The van der Waals surface area contributed by atoms with Gasteiger partial charge < -0.3 is 14.5 Å². The fourth-order valence-corrected chi connectivity index (χ4v) is 1.57. The van der Waals surface area contributed by atoms with Gasteiger partial charge in [-0.1, -0.05) is 6.07 Å². The Hall–Kier alpha value is -2.30. The SMILES string of the molecule is COC(=O)c1ccc(C)c(NCc2cnco2)c1. The van der Waals surface area contributed by atoms with Gasteiger partial charge in [0, 0.05) is 5.69 Å². The number of oxazole rings is 1. The van der Waals surface area contributed by atoms with Crippen molar-refractivity contribution in [3.05, 3.63) is 47.7 Å². The van der Waals surface area contributed by atoms with Gasteiger partial charge in [0.2, 0.25) is 0 Å². The molecule has 0 fully saturated rings. The number of aromatic nitrogens is 1. The lowest BCUT2D eigenvalue weighted by molar-refractivity contribution is 0.0601. The lowest BCUT2D eigenvalue weighted by Gasteiger charge is -2.09. The lowest BCUT2D eigenvalue weighted by Crippen LogP contribution is -2.05. The number of rotatable bonds is 4. The maximum absolute atomic E-state index is 11.4. The molecule has 0 amide bonds. The van der Waals surface area contributed by atoms with Crippen LogP contribution in [0.2, 0.25) is 0 Å². The number of anilines is 1. The molecule has 5 nitrogen and oxygen atoms in total. The minimum absolute atomic E-state index is 0.349. The molecule has 1 heterocycles. The first-order chi connectivity index (χ1) is 8.70. The highest BCUT2D eigenvalue weighted by atomic mass is 16.5. The third-order valence-electron chi connectivity index (χ3n) is 2.60. The zero-order valence-electron chi connectivity index (χ0n) is 10.3. The summed E-state index contributed by atoms with van der Waals surface area (Å²) in [4.78, 5) is 15.3. The highest BCUT2D eigenvalue weighted by molar-refractivity contribution is 5.90. The summed E-state index contributed by atoms with van der Waals surface area (Å²) in [6.07, 6.45) is 3.03. The van der Waals surface area contributed by atoms with Gasteiger partial charge in [0.05, 0.1) is 25.4 Å². The van der Waals surface area contributed by atoms with Gasteiger partial charge in [0.1, 0.15) is 5.76 Å². The molecule has 0 unspecified atom stereocenters. The Morgan fingerprint density at radius 1 is 1.50 bits per heavy atom. The summed E-state index contributed by atoms with van der Waals surface area (Å²) in [6, 6.07) is 5.37. The van der Waals surface area contributed by atoms with Crippen LogP contribution in [-0.4, -0.2) is 18.1 Å². The van der Waals surface area contributed by atoms with Crippen LogP contribution in [0, 0.1) is 6.92 Å². The third-order valence-corrected chi connectivity index (χ3v) is 2.60. The lowest BCUT2D eigenvalue weighted by atomic mass is 10.1. The minimum Gasteiger partial charge on any atom is -0.465 e. The molecule has 2 aromatic rings. The van der Waals surface area contributed by atoms with Crippen LogP contribution in [0.15, 0.2) is 35.2 Å². The quantitative estimate of drug-likeness (QED) is 0.839. The fourth-order valence-electron chi connectivity index (χ4n) is 1.57. The summed E-state index contributed by atoms with van der Waals surface area (Å²) >= 11 is 0. The molecule has 0 aliphatic carbocycles. The number of ether oxygens (including phenoxy) is 1. The Balaban J connectivity index is 2.13. The molecule has 5 heteroatoms. The van der Waals surface area contributed by atoms with E-state index in [0.29, 0.717) is 12.1 Å². The Labute approximate surface area is 105 Å². The van der Waals surface area contributed by atoms with E-state index in [1.807, 2.05) is 13.0 Å². The van der Waals surface area contributed by atoms with E-state index in [4.69, 9.17) is 4.42 Å². The van der Waals surface area contributed by atoms with Crippen molar-refractivity contribution in [2.24, 2.45) is 0 Å². The van der Waals surface area contributed by atoms with Crippen LogP contribution in [0.5, 0.6) is 0 Å². The number of nitrogens with one attached hydrogen (secondary N) is 1. The van der Waals surface area contributed by atoms with E-state index >= 15 is 0 Å². The topological polar surface area (TPSA) is 64.4 Å². The van der Waals surface area contributed by atoms with Gasteiger partial charge in [-0.2, -0.15) is 0 Å². The van der Waals surface area contributed by atoms with Crippen LogP contribution in [-0.2, 0) is 11.3 Å².